The number of carbonyl (C=O) groups is 2. The first kappa shape index (κ1) is 19.0. The summed E-state index contributed by atoms with van der Waals surface area (Å²) < 4.78 is 11.7. The van der Waals surface area contributed by atoms with E-state index in [2.05, 4.69) is 10.4 Å². The molecular weight excluding hydrogens is 392 g/mol. The van der Waals surface area contributed by atoms with E-state index in [4.69, 9.17) is 21.1 Å². The Morgan fingerprint density at radius 2 is 1.93 bits per heavy atom. The first-order chi connectivity index (χ1) is 13.0. The van der Waals surface area contributed by atoms with Crippen LogP contribution in [-0.4, -0.2) is 34.8 Å². The standard InChI is InChI=1S/C17H17ClN4O4S/c1-3-25-16(23)20-22(17(24)26-4-2)14-13(11-5-7-12(18)8-6-11)19-15-21(14)9-10-27-15/h5-10H,3-4H2,1-2H3,(H,20,23). The highest BCUT2D eigenvalue weighted by molar-refractivity contribution is 7.15. The van der Waals surface area contributed by atoms with Gasteiger partial charge < -0.3 is 9.47 Å². The second-order valence-electron chi connectivity index (χ2n) is 5.21. The van der Waals surface area contributed by atoms with Gasteiger partial charge in [-0.1, -0.05) is 23.7 Å². The lowest BCUT2D eigenvalue weighted by atomic mass is 10.1. The molecule has 2 aromatic heterocycles. The number of fused-ring (bicyclic) bond motifs is 1. The molecule has 10 heteroatoms. The highest BCUT2D eigenvalue weighted by atomic mass is 35.5. The van der Waals surface area contributed by atoms with Gasteiger partial charge in [0.05, 0.1) is 13.2 Å². The summed E-state index contributed by atoms with van der Waals surface area (Å²) in [5.74, 6) is 0.333. The van der Waals surface area contributed by atoms with Crippen molar-refractivity contribution in [2.24, 2.45) is 0 Å². The molecule has 0 bridgehead atoms. The van der Waals surface area contributed by atoms with Gasteiger partial charge >= 0.3 is 12.2 Å². The van der Waals surface area contributed by atoms with Crippen LogP contribution in [0.1, 0.15) is 13.8 Å². The van der Waals surface area contributed by atoms with Crippen LogP contribution in [0.2, 0.25) is 5.02 Å². The van der Waals surface area contributed by atoms with Gasteiger partial charge in [-0.25, -0.2) is 20.0 Å². The highest BCUT2D eigenvalue weighted by Gasteiger charge is 2.28. The predicted molar refractivity (Wildman–Crippen MR) is 103 cm³/mol. The topological polar surface area (TPSA) is 85.2 Å². The average Bonchev–Trinajstić information content (AvgIpc) is 3.22. The van der Waals surface area contributed by atoms with E-state index in [9.17, 15) is 9.59 Å². The van der Waals surface area contributed by atoms with Crippen LogP contribution in [0.15, 0.2) is 35.8 Å². The van der Waals surface area contributed by atoms with Crippen LogP contribution in [0.4, 0.5) is 15.4 Å². The maximum atomic E-state index is 12.6. The molecule has 1 N–H and O–H groups in total. The van der Waals surface area contributed by atoms with Gasteiger partial charge in [0.25, 0.3) is 0 Å². The summed E-state index contributed by atoms with van der Waals surface area (Å²) in [5, 5.41) is 3.40. The fourth-order valence-electron chi connectivity index (χ4n) is 2.42. The van der Waals surface area contributed by atoms with Crippen molar-refractivity contribution in [3.05, 3.63) is 40.9 Å². The van der Waals surface area contributed by atoms with Gasteiger partial charge in [-0.15, -0.1) is 11.3 Å². The molecule has 0 aliphatic carbocycles. The van der Waals surface area contributed by atoms with E-state index < -0.39 is 12.2 Å². The Bertz CT molecular complexity index is 954. The fraction of sp³-hybridized carbons (Fsp3) is 0.235. The molecule has 0 unspecified atom stereocenters. The second-order valence-corrected chi connectivity index (χ2v) is 6.52. The van der Waals surface area contributed by atoms with E-state index in [0.29, 0.717) is 21.5 Å². The molecule has 3 aromatic rings. The Kier molecular flexibility index (Phi) is 5.82. The summed E-state index contributed by atoms with van der Waals surface area (Å²) in [5.41, 5.74) is 3.64. The molecule has 0 spiro atoms. The van der Waals surface area contributed by atoms with E-state index in [1.165, 1.54) is 11.3 Å². The Morgan fingerprint density at radius 1 is 1.22 bits per heavy atom. The van der Waals surface area contributed by atoms with Gasteiger partial charge in [-0.05, 0) is 26.0 Å². The minimum absolute atomic E-state index is 0.141. The molecule has 0 radical (unpaired) electrons. The number of carbonyl (C=O) groups excluding carboxylic acids is 2. The van der Waals surface area contributed by atoms with Crippen LogP contribution in [-0.2, 0) is 9.47 Å². The maximum Gasteiger partial charge on any atom is 0.435 e. The van der Waals surface area contributed by atoms with Crippen LogP contribution in [0.3, 0.4) is 0 Å². The zero-order valence-electron chi connectivity index (χ0n) is 14.6. The van der Waals surface area contributed by atoms with Crippen LogP contribution < -0.4 is 10.4 Å². The molecule has 2 amide bonds. The molecule has 8 nitrogen and oxygen atoms in total. The molecule has 0 saturated carbocycles. The number of benzene rings is 1. The average molecular weight is 409 g/mol. The smallest absolute Gasteiger partial charge is 0.435 e. The van der Waals surface area contributed by atoms with E-state index in [1.807, 2.05) is 5.38 Å². The molecule has 0 saturated heterocycles. The van der Waals surface area contributed by atoms with Crippen LogP contribution >= 0.6 is 22.9 Å². The molecule has 0 fully saturated rings. The van der Waals surface area contributed by atoms with Crippen LogP contribution in [0, 0.1) is 0 Å². The van der Waals surface area contributed by atoms with Gasteiger partial charge in [-0.2, -0.15) is 5.01 Å². The van der Waals surface area contributed by atoms with Crippen molar-refractivity contribution in [2.75, 3.05) is 18.2 Å². The lowest BCUT2D eigenvalue weighted by molar-refractivity contribution is 0.138. The third-order valence-electron chi connectivity index (χ3n) is 3.50. The van der Waals surface area contributed by atoms with Crippen molar-refractivity contribution in [1.82, 2.24) is 14.8 Å². The van der Waals surface area contributed by atoms with Crippen molar-refractivity contribution in [3.8, 4) is 11.3 Å². The van der Waals surface area contributed by atoms with Crippen LogP contribution in [0.5, 0.6) is 0 Å². The number of nitrogens with one attached hydrogen (secondary N) is 1. The number of hydrazine groups is 1. The molecule has 27 heavy (non-hydrogen) atoms. The van der Waals surface area contributed by atoms with Gasteiger partial charge in [0.2, 0.25) is 0 Å². The largest absolute Gasteiger partial charge is 0.449 e. The fourth-order valence-corrected chi connectivity index (χ4v) is 3.25. The Balaban J connectivity index is 2.13. The first-order valence-electron chi connectivity index (χ1n) is 8.17. The number of aromatic nitrogens is 2. The molecular formula is C17H17ClN4O4S. The Morgan fingerprint density at radius 3 is 2.59 bits per heavy atom. The second kappa shape index (κ2) is 8.28. The Labute approximate surface area is 164 Å². The lowest BCUT2D eigenvalue weighted by Gasteiger charge is -2.22. The van der Waals surface area contributed by atoms with Crippen molar-refractivity contribution >= 4 is 45.9 Å². The molecule has 0 aliphatic rings. The number of thiazole rings is 1. The predicted octanol–water partition coefficient (Wildman–Crippen LogP) is 4.34. The minimum atomic E-state index is -0.780. The minimum Gasteiger partial charge on any atom is -0.449 e. The zero-order chi connectivity index (χ0) is 19.4. The number of anilines is 1. The van der Waals surface area contributed by atoms with Crippen molar-refractivity contribution in [1.29, 1.82) is 0 Å². The van der Waals surface area contributed by atoms with E-state index >= 15 is 0 Å². The summed E-state index contributed by atoms with van der Waals surface area (Å²) in [6.07, 6.45) is 0.215. The van der Waals surface area contributed by atoms with E-state index in [0.717, 1.165) is 10.6 Å². The number of imidazole rings is 1. The van der Waals surface area contributed by atoms with Crippen molar-refractivity contribution in [3.63, 3.8) is 0 Å². The van der Waals surface area contributed by atoms with E-state index in [-0.39, 0.29) is 13.2 Å². The summed E-state index contributed by atoms with van der Waals surface area (Å²) >= 11 is 7.37. The summed E-state index contributed by atoms with van der Waals surface area (Å²) in [6.45, 7) is 3.65. The number of nitrogens with zero attached hydrogens (tertiary/aromatic N) is 3. The Hall–Kier alpha value is -2.78. The quantitative estimate of drug-likeness (QED) is 0.649. The highest BCUT2D eigenvalue weighted by Crippen LogP contribution is 2.33. The third kappa shape index (κ3) is 3.99. The zero-order valence-corrected chi connectivity index (χ0v) is 16.2. The number of amides is 2. The third-order valence-corrected chi connectivity index (χ3v) is 4.50. The maximum absolute atomic E-state index is 12.6. The van der Waals surface area contributed by atoms with E-state index in [1.54, 1.807) is 48.7 Å². The van der Waals surface area contributed by atoms with Crippen molar-refractivity contribution in [2.45, 2.75) is 13.8 Å². The van der Waals surface area contributed by atoms with Crippen molar-refractivity contribution < 1.29 is 19.1 Å². The molecule has 0 atom stereocenters. The van der Waals surface area contributed by atoms with Gasteiger partial charge in [0.15, 0.2) is 10.8 Å². The molecule has 2 heterocycles. The van der Waals surface area contributed by atoms with Gasteiger partial charge in [0.1, 0.15) is 5.69 Å². The molecule has 0 aliphatic heterocycles. The monoisotopic (exact) mass is 408 g/mol. The molecule has 1 aromatic carbocycles. The van der Waals surface area contributed by atoms with Gasteiger partial charge in [0, 0.05) is 22.2 Å². The summed E-state index contributed by atoms with van der Waals surface area (Å²) in [7, 11) is 0. The number of hydrogen-bond donors (Lipinski definition) is 1. The normalized spacial score (nSPS) is 10.6. The number of hydrogen-bond acceptors (Lipinski definition) is 6. The summed E-state index contributed by atoms with van der Waals surface area (Å²) in [4.78, 5) is 29.8. The lowest BCUT2D eigenvalue weighted by Crippen LogP contribution is -2.47. The first-order valence-corrected chi connectivity index (χ1v) is 9.42. The van der Waals surface area contributed by atoms with Gasteiger partial charge in [-0.3, -0.25) is 4.40 Å². The number of halogens is 1. The summed E-state index contributed by atoms with van der Waals surface area (Å²) in [6, 6.07) is 7.02. The number of ether oxygens (including phenoxy) is 2. The SMILES string of the molecule is CCOC(=O)NN(C(=O)OCC)c1c(-c2ccc(Cl)cc2)nc2sccn12. The molecule has 3 rings (SSSR count). The van der Waals surface area contributed by atoms with Crippen LogP contribution in [0.25, 0.3) is 16.2 Å². The number of rotatable bonds is 4. The molecule has 142 valence electrons.